The molecule has 0 amide bonds. The second-order valence-electron chi connectivity index (χ2n) is 4.88. The molecule has 0 bridgehead atoms. The van der Waals surface area contributed by atoms with E-state index >= 15 is 0 Å². The first-order chi connectivity index (χ1) is 10.3. The minimum atomic E-state index is -0.226. The van der Waals surface area contributed by atoms with Crippen LogP contribution in [0.25, 0.3) is 0 Å². The van der Waals surface area contributed by atoms with E-state index in [-0.39, 0.29) is 5.82 Å². The third-order valence-corrected chi connectivity index (χ3v) is 3.27. The molecule has 0 aliphatic rings. The minimum absolute atomic E-state index is 0.226. The molecule has 1 heterocycles. The topological polar surface area (TPSA) is 39.9 Å². The zero-order valence-electron chi connectivity index (χ0n) is 11.9. The van der Waals surface area contributed by atoms with Crippen LogP contribution in [0.2, 0.25) is 0 Å². The Bertz CT molecular complexity index is 575. The molecule has 0 aliphatic carbocycles. The van der Waals surface area contributed by atoms with Crippen LogP contribution in [-0.4, -0.2) is 23.0 Å². The summed E-state index contributed by atoms with van der Waals surface area (Å²) in [6.45, 7) is 2.26. The Morgan fingerprint density at radius 1 is 1.10 bits per heavy atom. The van der Waals surface area contributed by atoms with E-state index in [2.05, 4.69) is 16.0 Å². The van der Waals surface area contributed by atoms with Crippen LogP contribution in [0.5, 0.6) is 0 Å². The van der Waals surface area contributed by atoms with Gasteiger partial charge in [0, 0.05) is 44.4 Å². The Labute approximate surface area is 124 Å². The first kappa shape index (κ1) is 15.1. The summed E-state index contributed by atoms with van der Waals surface area (Å²) in [6, 6.07) is 14.6. The van der Waals surface area contributed by atoms with Crippen LogP contribution in [0.15, 0.2) is 48.7 Å². The molecule has 0 unspecified atom stereocenters. The van der Waals surface area contributed by atoms with Gasteiger partial charge in [0.1, 0.15) is 5.82 Å². The molecule has 3 nitrogen and oxygen atoms in total. The van der Waals surface area contributed by atoms with Crippen LogP contribution in [-0.2, 0) is 13.0 Å². The Kier molecular flexibility index (Phi) is 5.86. The van der Waals surface area contributed by atoms with Crippen molar-refractivity contribution in [3.63, 3.8) is 0 Å². The molecule has 0 spiro atoms. The Balaban J connectivity index is 1.94. The van der Waals surface area contributed by atoms with Gasteiger partial charge in [-0.25, -0.2) is 4.39 Å². The highest BCUT2D eigenvalue weighted by atomic mass is 19.1. The molecule has 0 saturated heterocycles. The standard InChI is InChI=1S/C17H18FN3/c18-16-7-5-15(6-8-16)14-21(12-3-10-19)13-9-17-4-1-2-11-20-17/h1-2,4-8,11H,3,9,12-14H2. The average molecular weight is 283 g/mol. The number of nitrogens with zero attached hydrogens (tertiary/aromatic N) is 3. The van der Waals surface area contributed by atoms with Gasteiger partial charge in [0.2, 0.25) is 0 Å². The first-order valence-electron chi connectivity index (χ1n) is 7.01. The van der Waals surface area contributed by atoms with E-state index < -0.39 is 0 Å². The summed E-state index contributed by atoms with van der Waals surface area (Å²) in [7, 11) is 0. The van der Waals surface area contributed by atoms with Crippen LogP contribution < -0.4 is 0 Å². The van der Waals surface area contributed by atoms with Crippen LogP contribution >= 0.6 is 0 Å². The third kappa shape index (κ3) is 5.33. The van der Waals surface area contributed by atoms with E-state index in [9.17, 15) is 4.39 Å². The summed E-state index contributed by atoms with van der Waals surface area (Å²) in [5.74, 6) is -0.226. The van der Waals surface area contributed by atoms with Gasteiger partial charge >= 0.3 is 0 Å². The molecule has 0 aliphatic heterocycles. The lowest BCUT2D eigenvalue weighted by molar-refractivity contribution is 0.274. The van der Waals surface area contributed by atoms with Crippen LogP contribution in [0.3, 0.4) is 0 Å². The molecule has 1 aromatic carbocycles. The molecule has 21 heavy (non-hydrogen) atoms. The molecular formula is C17H18FN3. The maximum atomic E-state index is 12.9. The van der Waals surface area contributed by atoms with Gasteiger partial charge in [-0.3, -0.25) is 9.88 Å². The van der Waals surface area contributed by atoms with E-state index in [0.717, 1.165) is 30.8 Å². The number of aromatic nitrogens is 1. The largest absolute Gasteiger partial charge is 0.298 e. The average Bonchev–Trinajstić information content (AvgIpc) is 2.53. The monoisotopic (exact) mass is 283 g/mol. The normalized spacial score (nSPS) is 10.5. The fourth-order valence-corrected chi connectivity index (χ4v) is 2.14. The molecule has 1 aromatic heterocycles. The molecule has 2 aromatic rings. The van der Waals surface area contributed by atoms with Gasteiger partial charge in [-0.15, -0.1) is 0 Å². The number of nitriles is 1. The van der Waals surface area contributed by atoms with E-state index in [0.29, 0.717) is 13.0 Å². The quantitative estimate of drug-likeness (QED) is 0.783. The summed E-state index contributed by atoms with van der Waals surface area (Å²) < 4.78 is 12.9. The summed E-state index contributed by atoms with van der Waals surface area (Å²) >= 11 is 0. The van der Waals surface area contributed by atoms with E-state index in [1.54, 1.807) is 18.3 Å². The zero-order valence-corrected chi connectivity index (χ0v) is 11.9. The Hall–Kier alpha value is -2.25. The number of rotatable bonds is 7. The molecule has 0 atom stereocenters. The SMILES string of the molecule is N#CCCN(CCc1ccccn1)Cc1ccc(F)cc1. The third-order valence-electron chi connectivity index (χ3n) is 3.27. The molecule has 0 saturated carbocycles. The van der Waals surface area contributed by atoms with Gasteiger partial charge in [0.25, 0.3) is 0 Å². The predicted octanol–water partition coefficient (Wildman–Crippen LogP) is 3.18. The number of benzene rings is 1. The van der Waals surface area contributed by atoms with Gasteiger partial charge in [-0.05, 0) is 29.8 Å². The highest BCUT2D eigenvalue weighted by Crippen LogP contribution is 2.08. The van der Waals surface area contributed by atoms with Crippen LogP contribution in [0.1, 0.15) is 17.7 Å². The summed E-state index contributed by atoms with van der Waals surface area (Å²) in [4.78, 5) is 6.51. The second kappa shape index (κ2) is 8.13. The van der Waals surface area contributed by atoms with Crippen molar-refractivity contribution >= 4 is 0 Å². The van der Waals surface area contributed by atoms with Gasteiger partial charge < -0.3 is 0 Å². The molecular weight excluding hydrogens is 265 g/mol. The fraction of sp³-hybridized carbons (Fsp3) is 0.294. The minimum Gasteiger partial charge on any atom is -0.298 e. The molecule has 0 radical (unpaired) electrons. The molecule has 4 heteroatoms. The number of hydrogen-bond donors (Lipinski definition) is 0. The van der Waals surface area contributed by atoms with E-state index in [1.165, 1.54) is 12.1 Å². The van der Waals surface area contributed by atoms with Crippen molar-refractivity contribution in [1.29, 1.82) is 5.26 Å². The maximum absolute atomic E-state index is 12.9. The van der Waals surface area contributed by atoms with Crippen molar-refractivity contribution in [3.8, 4) is 6.07 Å². The number of pyridine rings is 1. The van der Waals surface area contributed by atoms with Crippen molar-refractivity contribution in [2.75, 3.05) is 13.1 Å². The lowest BCUT2D eigenvalue weighted by Crippen LogP contribution is -2.27. The molecule has 0 fully saturated rings. The van der Waals surface area contributed by atoms with Gasteiger partial charge in [0.15, 0.2) is 0 Å². The van der Waals surface area contributed by atoms with Gasteiger partial charge in [0.05, 0.1) is 6.07 Å². The van der Waals surface area contributed by atoms with Crippen LogP contribution in [0.4, 0.5) is 4.39 Å². The Morgan fingerprint density at radius 2 is 1.90 bits per heavy atom. The summed E-state index contributed by atoms with van der Waals surface area (Å²) in [6.07, 6.45) is 3.12. The highest BCUT2D eigenvalue weighted by molar-refractivity contribution is 5.16. The highest BCUT2D eigenvalue weighted by Gasteiger charge is 2.07. The first-order valence-corrected chi connectivity index (χ1v) is 7.01. The van der Waals surface area contributed by atoms with Crippen molar-refractivity contribution in [1.82, 2.24) is 9.88 Å². The van der Waals surface area contributed by atoms with Crippen molar-refractivity contribution < 1.29 is 4.39 Å². The molecule has 108 valence electrons. The van der Waals surface area contributed by atoms with Crippen molar-refractivity contribution in [3.05, 3.63) is 65.7 Å². The van der Waals surface area contributed by atoms with E-state index in [4.69, 9.17) is 5.26 Å². The van der Waals surface area contributed by atoms with Crippen LogP contribution in [0, 0.1) is 17.1 Å². The van der Waals surface area contributed by atoms with Gasteiger partial charge in [-0.1, -0.05) is 18.2 Å². The van der Waals surface area contributed by atoms with Gasteiger partial charge in [-0.2, -0.15) is 5.26 Å². The fourth-order valence-electron chi connectivity index (χ4n) is 2.14. The van der Waals surface area contributed by atoms with Crippen molar-refractivity contribution in [2.45, 2.75) is 19.4 Å². The predicted molar refractivity (Wildman–Crippen MR) is 79.8 cm³/mol. The summed E-state index contributed by atoms with van der Waals surface area (Å²) in [5.41, 5.74) is 2.09. The molecule has 2 rings (SSSR count). The number of hydrogen-bond acceptors (Lipinski definition) is 3. The molecule has 0 N–H and O–H groups in total. The zero-order chi connectivity index (χ0) is 14.9. The smallest absolute Gasteiger partial charge is 0.123 e. The number of halogens is 1. The maximum Gasteiger partial charge on any atom is 0.123 e. The van der Waals surface area contributed by atoms with Crippen molar-refractivity contribution in [2.24, 2.45) is 0 Å². The van der Waals surface area contributed by atoms with E-state index in [1.807, 2.05) is 18.2 Å². The Morgan fingerprint density at radius 3 is 2.57 bits per heavy atom. The summed E-state index contributed by atoms with van der Waals surface area (Å²) in [5, 5.41) is 8.76. The second-order valence-corrected chi connectivity index (χ2v) is 4.88. The lowest BCUT2D eigenvalue weighted by Gasteiger charge is -2.21. The lowest BCUT2D eigenvalue weighted by atomic mass is 10.2.